The van der Waals surface area contributed by atoms with Gasteiger partial charge in [0.05, 0.1) is 5.41 Å². The lowest BCUT2D eigenvalue weighted by molar-refractivity contribution is -0.184. The molecule has 142 valence electrons. The molecule has 2 heterocycles. The highest BCUT2D eigenvalue weighted by atomic mass is 16.6. The fraction of sp³-hybridized carbons (Fsp3) is 0.684. The average molecular weight is 363 g/mol. The zero-order valence-corrected chi connectivity index (χ0v) is 15.7. The number of cyclic esters (lactones) is 1. The second-order valence-electron chi connectivity index (χ2n) is 7.97. The minimum absolute atomic E-state index is 0.0985. The molecule has 0 aromatic heterocycles. The molecule has 3 aliphatic rings. The molecule has 7 nitrogen and oxygen atoms in total. The Labute approximate surface area is 152 Å². The molecule has 2 aliphatic heterocycles. The van der Waals surface area contributed by atoms with E-state index in [1.54, 1.807) is 19.9 Å². The van der Waals surface area contributed by atoms with Gasteiger partial charge in [-0.25, -0.2) is 0 Å². The third kappa shape index (κ3) is 2.52. The van der Waals surface area contributed by atoms with Crippen molar-refractivity contribution in [2.45, 2.75) is 39.7 Å². The summed E-state index contributed by atoms with van der Waals surface area (Å²) in [5.74, 6) is -2.52. The third-order valence-corrected chi connectivity index (χ3v) is 6.55. The topological polar surface area (TPSA) is 90.0 Å². The van der Waals surface area contributed by atoms with Crippen LogP contribution in [0.4, 0.5) is 0 Å². The van der Waals surface area contributed by atoms with Gasteiger partial charge >= 0.3 is 11.9 Å². The number of likely N-dealkylation sites (N-methyl/N-ethyl adjacent to an activating group) is 1. The Morgan fingerprint density at radius 3 is 2.54 bits per heavy atom. The SMILES string of the molecule is C[C@@H]1CC(=O)[C@@]2(C)C(=O)OC3CCN(C)C/C=C(/COC(=O)[C@@]12C)C3=O. The molecule has 2 bridgehead atoms. The fourth-order valence-corrected chi connectivity index (χ4v) is 4.12. The first-order chi connectivity index (χ1) is 12.1. The highest BCUT2D eigenvalue weighted by Crippen LogP contribution is 2.55. The number of carbonyl (C=O) groups is 4. The van der Waals surface area contributed by atoms with Crippen LogP contribution in [0.1, 0.15) is 33.6 Å². The van der Waals surface area contributed by atoms with E-state index in [0.29, 0.717) is 25.1 Å². The second kappa shape index (κ2) is 6.30. The largest absolute Gasteiger partial charge is 0.460 e. The molecule has 1 aliphatic carbocycles. The van der Waals surface area contributed by atoms with Crippen molar-refractivity contribution in [1.82, 2.24) is 4.90 Å². The van der Waals surface area contributed by atoms with Gasteiger partial charge in [-0.1, -0.05) is 13.0 Å². The number of Topliss-reactive ketones (excluding diaryl/α,β-unsaturated/α-hetero) is 2. The molecule has 1 saturated heterocycles. The molecule has 0 aromatic carbocycles. The second-order valence-corrected chi connectivity index (χ2v) is 7.97. The van der Waals surface area contributed by atoms with E-state index in [9.17, 15) is 19.2 Å². The Bertz CT molecular complexity index is 713. The molecule has 0 spiro atoms. The van der Waals surface area contributed by atoms with E-state index in [1.165, 1.54) is 6.92 Å². The predicted molar refractivity (Wildman–Crippen MR) is 91.0 cm³/mol. The van der Waals surface area contributed by atoms with Crippen LogP contribution < -0.4 is 0 Å². The van der Waals surface area contributed by atoms with Gasteiger partial charge in [-0.3, -0.25) is 19.2 Å². The Kier molecular flexibility index (Phi) is 4.55. The van der Waals surface area contributed by atoms with E-state index in [1.807, 2.05) is 11.9 Å². The van der Waals surface area contributed by atoms with Crippen molar-refractivity contribution in [2.75, 3.05) is 26.7 Å². The van der Waals surface area contributed by atoms with Crippen molar-refractivity contribution >= 4 is 23.5 Å². The molecule has 3 rings (SSSR count). The molecule has 1 saturated carbocycles. The monoisotopic (exact) mass is 363 g/mol. The molecule has 0 amide bonds. The van der Waals surface area contributed by atoms with Crippen molar-refractivity contribution in [3.63, 3.8) is 0 Å². The highest BCUT2D eigenvalue weighted by Gasteiger charge is 2.68. The normalized spacial score (nSPS) is 41.3. The van der Waals surface area contributed by atoms with E-state index in [2.05, 4.69) is 0 Å². The third-order valence-electron chi connectivity index (χ3n) is 6.55. The maximum Gasteiger partial charge on any atom is 0.321 e. The summed E-state index contributed by atoms with van der Waals surface area (Å²) in [5.41, 5.74) is -2.65. The Hall–Kier alpha value is -2.02. The van der Waals surface area contributed by atoms with Crippen LogP contribution in [0.5, 0.6) is 0 Å². The maximum absolute atomic E-state index is 13.0. The van der Waals surface area contributed by atoms with Crippen LogP contribution in [0.25, 0.3) is 0 Å². The van der Waals surface area contributed by atoms with Gasteiger partial charge < -0.3 is 14.4 Å². The van der Waals surface area contributed by atoms with Crippen LogP contribution in [0.3, 0.4) is 0 Å². The van der Waals surface area contributed by atoms with Crippen LogP contribution in [0.15, 0.2) is 11.6 Å². The van der Waals surface area contributed by atoms with E-state index in [-0.39, 0.29) is 30.5 Å². The van der Waals surface area contributed by atoms with Crippen molar-refractivity contribution in [2.24, 2.45) is 16.7 Å². The van der Waals surface area contributed by atoms with Crippen molar-refractivity contribution in [3.8, 4) is 0 Å². The van der Waals surface area contributed by atoms with Crippen LogP contribution in [-0.4, -0.2) is 61.3 Å². The molecular formula is C19H25NO6. The standard InChI is InChI=1S/C19H25NO6/c1-11-9-14(21)19(3)17(24)26-13-6-8-20(4)7-5-12(15(13)22)10-25-16(23)18(11,19)2/h5,11,13H,6-10H2,1-4H3/b12-5-/t11-,13?,18-,19+/m1/s1. The van der Waals surface area contributed by atoms with Crippen molar-refractivity contribution in [1.29, 1.82) is 0 Å². The number of esters is 2. The minimum atomic E-state index is -1.65. The molecule has 0 N–H and O–H groups in total. The van der Waals surface area contributed by atoms with Gasteiger partial charge in [0, 0.05) is 31.5 Å². The lowest BCUT2D eigenvalue weighted by atomic mass is 9.64. The lowest BCUT2D eigenvalue weighted by Crippen LogP contribution is -2.54. The Morgan fingerprint density at radius 2 is 1.85 bits per heavy atom. The fourth-order valence-electron chi connectivity index (χ4n) is 4.12. The summed E-state index contributed by atoms with van der Waals surface area (Å²) in [6.45, 7) is 5.75. The van der Waals surface area contributed by atoms with Crippen LogP contribution >= 0.6 is 0 Å². The van der Waals surface area contributed by atoms with Crippen LogP contribution in [0.2, 0.25) is 0 Å². The number of carbonyl (C=O) groups excluding carboxylic acids is 4. The molecule has 26 heavy (non-hydrogen) atoms. The molecule has 7 heteroatoms. The highest BCUT2D eigenvalue weighted by molar-refractivity contribution is 6.12. The van der Waals surface area contributed by atoms with Gasteiger partial charge in [0.25, 0.3) is 0 Å². The number of hydrogen-bond donors (Lipinski definition) is 0. The van der Waals surface area contributed by atoms with E-state index in [4.69, 9.17) is 9.47 Å². The molecule has 4 atom stereocenters. The van der Waals surface area contributed by atoms with E-state index < -0.39 is 28.9 Å². The first-order valence-corrected chi connectivity index (χ1v) is 8.95. The molecular weight excluding hydrogens is 338 g/mol. The smallest absolute Gasteiger partial charge is 0.321 e. The summed E-state index contributed by atoms with van der Waals surface area (Å²) in [5, 5.41) is 0. The first-order valence-electron chi connectivity index (χ1n) is 8.95. The van der Waals surface area contributed by atoms with Gasteiger partial charge in [-0.2, -0.15) is 0 Å². The zero-order chi connectivity index (χ0) is 19.3. The van der Waals surface area contributed by atoms with Gasteiger partial charge in [-0.15, -0.1) is 0 Å². The quantitative estimate of drug-likeness (QED) is 0.467. The number of rotatable bonds is 0. The van der Waals surface area contributed by atoms with E-state index in [0.717, 1.165) is 0 Å². The summed E-state index contributed by atoms with van der Waals surface area (Å²) in [6, 6.07) is 0. The van der Waals surface area contributed by atoms with Gasteiger partial charge in [0.15, 0.2) is 11.9 Å². The van der Waals surface area contributed by atoms with E-state index >= 15 is 0 Å². The summed E-state index contributed by atoms with van der Waals surface area (Å²) in [4.78, 5) is 53.4. The Balaban J connectivity index is 2.08. The molecule has 1 unspecified atom stereocenters. The number of nitrogens with zero attached hydrogens (tertiary/aromatic N) is 1. The molecule has 0 aromatic rings. The summed E-state index contributed by atoms with van der Waals surface area (Å²) in [7, 11) is 1.89. The van der Waals surface area contributed by atoms with Crippen molar-refractivity contribution in [3.05, 3.63) is 11.6 Å². The Morgan fingerprint density at radius 1 is 1.15 bits per heavy atom. The van der Waals surface area contributed by atoms with Crippen LogP contribution in [-0.2, 0) is 28.7 Å². The molecule has 0 radical (unpaired) electrons. The van der Waals surface area contributed by atoms with Gasteiger partial charge in [0.2, 0.25) is 5.78 Å². The van der Waals surface area contributed by atoms with Gasteiger partial charge in [-0.05, 0) is 26.8 Å². The minimum Gasteiger partial charge on any atom is -0.460 e. The number of fused-ring (bicyclic) bond motifs is 3. The summed E-state index contributed by atoms with van der Waals surface area (Å²) in [6.07, 6.45) is 1.17. The lowest BCUT2D eigenvalue weighted by Gasteiger charge is -2.39. The number of ether oxygens (including phenoxy) is 2. The van der Waals surface area contributed by atoms with Crippen molar-refractivity contribution < 1.29 is 28.7 Å². The summed E-state index contributed by atoms with van der Waals surface area (Å²) >= 11 is 0. The molecule has 2 fully saturated rings. The number of ketones is 2. The van der Waals surface area contributed by atoms with Crippen LogP contribution in [0, 0.1) is 16.7 Å². The van der Waals surface area contributed by atoms with Gasteiger partial charge in [0.1, 0.15) is 12.0 Å². The number of hydrogen-bond acceptors (Lipinski definition) is 7. The maximum atomic E-state index is 13.0. The predicted octanol–water partition coefficient (Wildman–Crippen LogP) is 0.907. The first kappa shape index (κ1) is 18.8. The summed E-state index contributed by atoms with van der Waals surface area (Å²) < 4.78 is 11.0. The average Bonchev–Trinajstić information content (AvgIpc) is 2.77. The zero-order valence-electron chi connectivity index (χ0n) is 15.7.